The number of amides is 1. The summed E-state index contributed by atoms with van der Waals surface area (Å²) in [7, 11) is 3.45. The maximum Gasteiger partial charge on any atom is 0.230 e. The van der Waals surface area contributed by atoms with E-state index in [1.165, 1.54) is 0 Å². The molecule has 0 saturated carbocycles. The second-order valence-corrected chi connectivity index (χ2v) is 4.29. The zero-order valence-electron chi connectivity index (χ0n) is 4.61. The molecule has 0 bridgehead atoms. The summed E-state index contributed by atoms with van der Waals surface area (Å²) >= 11 is 0. The van der Waals surface area contributed by atoms with Crippen molar-refractivity contribution >= 4 is 27.5 Å². The van der Waals surface area contributed by atoms with Crippen LogP contribution in [0.1, 0.15) is 6.42 Å². The molecule has 2 rings (SSSR count). The van der Waals surface area contributed by atoms with Crippen LogP contribution in [0.2, 0.25) is 0 Å². The molecule has 1 amide bonds. The van der Waals surface area contributed by atoms with E-state index in [2.05, 4.69) is 0 Å². The molecule has 9 heavy (non-hydrogen) atoms. The molecule has 2 heterocycles. The molecule has 0 aromatic rings. The van der Waals surface area contributed by atoms with Gasteiger partial charge in [-0.15, -0.1) is 0 Å². The Morgan fingerprint density at radius 2 is 2.67 bits per heavy atom. The predicted octanol–water partition coefficient (Wildman–Crippen LogP) is 1.41. The minimum absolute atomic E-state index is 0.254. The van der Waals surface area contributed by atoms with E-state index in [4.69, 9.17) is 0 Å². The zero-order chi connectivity index (χ0) is 6.27. The lowest BCUT2D eigenvalue weighted by Gasteiger charge is -2.38. The Labute approximate surface area is 61.1 Å². The highest BCUT2D eigenvalue weighted by Gasteiger charge is 2.36. The highest BCUT2D eigenvalue weighted by atomic mass is 33.1. The standard InChI is InChI=1S/C5H5NOS2/c7-4-3-5-6(4)1-2-8-9-5/h1-2,5H,3H2/t5-/m1/s1. The summed E-state index contributed by atoms with van der Waals surface area (Å²) in [6.07, 6.45) is 2.58. The van der Waals surface area contributed by atoms with Crippen LogP contribution in [-0.4, -0.2) is 16.2 Å². The van der Waals surface area contributed by atoms with E-state index in [1.807, 2.05) is 11.6 Å². The molecule has 0 spiro atoms. The molecule has 0 aromatic heterocycles. The molecule has 0 aromatic carbocycles. The van der Waals surface area contributed by atoms with Crippen molar-refractivity contribution in [2.45, 2.75) is 11.8 Å². The van der Waals surface area contributed by atoms with Crippen LogP contribution >= 0.6 is 21.6 Å². The minimum Gasteiger partial charge on any atom is -0.305 e. The van der Waals surface area contributed by atoms with Gasteiger partial charge in [-0.2, -0.15) is 0 Å². The quantitative estimate of drug-likeness (QED) is 0.394. The number of rotatable bonds is 0. The highest BCUT2D eigenvalue weighted by Crippen LogP contribution is 2.41. The minimum atomic E-state index is 0.254. The topological polar surface area (TPSA) is 20.3 Å². The number of β-lactam (4-membered cyclic amide) rings is 1. The summed E-state index contributed by atoms with van der Waals surface area (Å²) in [5.74, 6) is 0.254. The molecule has 2 aliphatic heterocycles. The van der Waals surface area contributed by atoms with Gasteiger partial charge in [0.1, 0.15) is 5.37 Å². The molecule has 1 saturated heterocycles. The van der Waals surface area contributed by atoms with E-state index in [0.29, 0.717) is 5.37 Å². The largest absolute Gasteiger partial charge is 0.305 e. The van der Waals surface area contributed by atoms with Crippen LogP contribution in [0.15, 0.2) is 11.6 Å². The molecule has 2 aliphatic rings. The summed E-state index contributed by atoms with van der Waals surface area (Å²) in [6, 6.07) is 0. The van der Waals surface area contributed by atoms with E-state index in [9.17, 15) is 4.79 Å². The SMILES string of the molecule is O=C1C[C@H]2SSC=CN12. The summed E-state index contributed by atoms with van der Waals surface area (Å²) in [5, 5.41) is 2.38. The number of hydrogen-bond donors (Lipinski definition) is 0. The fourth-order valence-electron chi connectivity index (χ4n) is 0.847. The number of carbonyl (C=O) groups is 1. The highest BCUT2D eigenvalue weighted by molar-refractivity contribution is 8.78. The van der Waals surface area contributed by atoms with Gasteiger partial charge in [-0.3, -0.25) is 4.79 Å². The van der Waals surface area contributed by atoms with Gasteiger partial charge in [0.25, 0.3) is 0 Å². The van der Waals surface area contributed by atoms with E-state index in [0.717, 1.165) is 6.42 Å². The Bertz CT molecular complexity index is 180. The van der Waals surface area contributed by atoms with E-state index >= 15 is 0 Å². The van der Waals surface area contributed by atoms with Gasteiger partial charge in [-0.05, 0) is 5.41 Å². The smallest absolute Gasteiger partial charge is 0.230 e. The Morgan fingerprint density at radius 3 is 3.22 bits per heavy atom. The number of carbonyl (C=O) groups excluding carboxylic acids is 1. The van der Waals surface area contributed by atoms with Gasteiger partial charge < -0.3 is 4.90 Å². The van der Waals surface area contributed by atoms with Gasteiger partial charge in [0.2, 0.25) is 5.91 Å². The first-order valence-corrected chi connectivity index (χ1v) is 4.95. The molecule has 4 heteroatoms. The zero-order valence-corrected chi connectivity index (χ0v) is 6.24. The van der Waals surface area contributed by atoms with Crippen LogP contribution in [-0.2, 0) is 4.79 Å². The van der Waals surface area contributed by atoms with Crippen LogP contribution in [0.25, 0.3) is 0 Å². The molecule has 1 atom stereocenters. The fourth-order valence-corrected chi connectivity index (χ4v) is 2.92. The van der Waals surface area contributed by atoms with Crippen molar-refractivity contribution in [3.63, 3.8) is 0 Å². The van der Waals surface area contributed by atoms with Gasteiger partial charge in [0.05, 0.1) is 6.42 Å². The lowest BCUT2D eigenvalue weighted by molar-refractivity contribution is -0.137. The Hall–Kier alpha value is -0.0900. The fraction of sp³-hybridized carbons (Fsp3) is 0.400. The van der Waals surface area contributed by atoms with Gasteiger partial charge in [0.15, 0.2) is 0 Å². The third-order valence-electron chi connectivity index (χ3n) is 1.39. The van der Waals surface area contributed by atoms with E-state index in [-0.39, 0.29) is 5.91 Å². The van der Waals surface area contributed by atoms with Crippen molar-refractivity contribution in [3.05, 3.63) is 11.6 Å². The Morgan fingerprint density at radius 1 is 1.78 bits per heavy atom. The van der Waals surface area contributed by atoms with Gasteiger partial charge in [-0.1, -0.05) is 21.6 Å². The molecule has 48 valence electrons. The van der Waals surface area contributed by atoms with Gasteiger partial charge >= 0.3 is 0 Å². The third kappa shape index (κ3) is 0.773. The third-order valence-corrected chi connectivity index (χ3v) is 3.68. The van der Waals surface area contributed by atoms with Gasteiger partial charge in [-0.25, -0.2) is 0 Å². The van der Waals surface area contributed by atoms with E-state index in [1.54, 1.807) is 26.5 Å². The lowest BCUT2D eigenvalue weighted by Crippen LogP contribution is -2.47. The van der Waals surface area contributed by atoms with Crippen molar-refractivity contribution in [1.29, 1.82) is 0 Å². The molecule has 2 nitrogen and oxygen atoms in total. The van der Waals surface area contributed by atoms with Crippen LogP contribution in [0, 0.1) is 0 Å². The lowest BCUT2D eigenvalue weighted by atomic mass is 10.2. The molecule has 0 aliphatic carbocycles. The molecule has 0 unspecified atom stereocenters. The summed E-state index contributed by atoms with van der Waals surface area (Å²) in [5.41, 5.74) is 0. The summed E-state index contributed by atoms with van der Waals surface area (Å²) < 4.78 is 0. The Kier molecular flexibility index (Phi) is 1.23. The van der Waals surface area contributed by atoms with Crippen molar-refractivity contribution in [2.24, 2.45) is 0 Å². The first kappa shape index (κ1) is 5.68. The second-order valence-electron chi connectivity index (χ2n) is 1.94. The maximum atomic E-state index is 10.7. The normalized spacial score (nSPS) is 31.8. The van der Waals surface area contributed by atoms with Crippen molar-refractivity contribution < 1.29 is 4.79 Å². The summed E-state index contributed by atoms with van der Waals surface area (Å²) in [6.45, 7) is 0. The second kappa shape index (κ2) is 1.95. The first-order chi connectivity index (χ1) is 4.38. The first-order valence-electron chi connectivity index (χ1n) is 2.68. The molecule has 0 radical (unpaired) electrons. The van der Waals surface area contributed by atoms with Gasteiger partial charge in [0, 0.05) is 6.20 Å². The van der Waals surface area contributed by atoms with Crippen LogP contribution in [0.5, 0.6) is 0 Å². The molecular weight excluding hydrogens is 154 g/mol. The van der Waals surface area contributed by atoms with E-state index < -0.39 is 0 Å². The average molecular weight is 159 g/mol. The Balaban J connectivity index is 2.16. The van der Waals surface area contributed by atoms with Crippen molar-refractivity contribution in [3.8, 4) is 0 Å². The monoisotopic (exact) mass is 159 g/mol. The van der Waals surface area contributed by atoms with Crippen molar-refractivity contribution in [2.75, 3.05) is 0 Å². The average Bonchev–Trinajstić information content (AvgIpc) is 1.86. The maximum absolute atomic E-state index is 10.7. The van der Waals surface area contributed by atoms with Crippen molar-refractivity contribution in [1.82, 2.24) is 4.90 Å². The van der Waals surface area contributed by atoms with Crippen LogP contribution in [0.3, 0.4) is 0 Å². The summed E-state index contributed by atoms with van der Waals surface area (Å²) in [4.78, 5) is 12.5. The van der Waals surface area contributed by atoms with Crippen LogP contribution in [0.4, 0.5) is 0 Å². The number of hydrogen-bond acceptors (Lipinski definition) is 3. The number of fused-ring (bicyclic) bond motifs is 1. The molecule has 0 N–H and O–H groups in total. The van der Waals surface area contributed by atoms with Crippen LogP contribution < -0.4 is 0 Å². The number of nitrogens with zero attached hydrogens (tertiary/aromatic N) is 1. The molecule has 1 fully saturated rings. The predicted molar refractivity (Wildman–Crippen MR) is 39.6 cm³/mol. The molecular formula is C5H5NOS2.